The van der Waals surface area contributed by atoms with Gasteiger partial charge in [-0.1, -0.05) is 36.7 Å². The van der Waals surface area contributed by atoms with E-state index in [4.69, 9.17) is 11.6 Å². The molecular formula is C26H36ClN3O4S. The largest absolute Gasteiger partial charge is 0.354 e. The Balaban J connectivity index is 2.17. The van der Waals surface area contributed by atoms with Gasteiger partial charge in [0.15, 0.2) is 0 Å². The van der Waals surface area contributed by atoms with E-state index in [1.54, 1.807) is 31.2 Å². The normalized spacial score (nSPS) is 12.2. The molecular weight excluding hydrogens is 486 g/mol. The molecule has 0 fully saturated rings. The minimum Gasteiger partial charge on any atom is -0.354 e. The summed E-state index contributed by atoms with van der Waals surface area (Å²) >= 11 is 6.11. The molecule has 1 atom stereocenters. The molecule has 2 rings (SSSR count). The molecule has 0 saturated heterocycles. The van der Waals surface area contributed by atoms with Crippen molar-refractivity contribution in [1.29, 1.82) is 0 Å². The summed E-state index contributed by atoms with van der Waals surface area (Å²) in [4.78, 5) is 27.4. The van der Waals surface area contributed by atoms with Gasteiger partial charge < -0.3 is 10.2 Å². The van der Waals surface area contributed by atoms with Crippen molar-refractivity contribution >= 4 is 39.1 Å². The van der Waals surface area contributed by atoms with Gasteiger partial charge in [-0.3, -0.25) is 13.9 Å². The zero-order chi connectivity index (χ0) is 26.2. The number of nitrogens with one attached hydrogen (secondary N) is 1. The second kappa shape index (κ2) is 12.9. The molecule has 0 aromatic heterocycles. The molecule has 2 amide bonds. The Morgan fingerprint density at radius 1 is 1.09 bits per heavy atom. The highest BCUT2D eigenvalue weighted by Crippen LogP contribution is 2.22. The van der Waals surface area contributed by atoms with Gasteiger partial charge in [0.1, 0.15) is 6.04 Å². The SMILES string of the molecule is CCCNC(=O)[C@@H](C)N(Cc1cccc(Cl)c1)C(=O)CCCN(c1ccc(C)c(C)c1)S(C)(=O)=O. The van der Waals surface area contributed by atoms with E-state index in [2.05, 4.69) is 5.32 Å². The van der Waals surface area contributed by atoms with Gasteiger partial charge in [-0.25, -0.2) is 8.42 Å². The number of amides is 2. The molecule has 2 aromatic carbocycles. The van der Waals surface area contributed by atoms with Gasteiger partial charge in [-0.05, 0) is 74.6 Å². The fourth-order valence-corrected chi connectivity index (χ4v) is 4.87. The highest BCUT2D eigenvalue weighted by Gasteiger charge is 2.26. The molecule has 1 N–H and O–H groups in total. The number of carbonyl (C=O) groups is 2. The summed E-state index contributed by atoms with van der Waals surface area (Å²) in [5.74, 6) is -0.451. The number of aryl methyl sites for hydroxylation is 2. The molecule has 0 aliphatic heterocycles. The summed E-state index contributed by atoms with van der Waals surface area (Å²) in [5.41, 5.74) is 3.45. The van der Waals surface area contributed by atoms with Crippen LogP contribution in [0.3, 0.4) is 0 Å². The van der Waals surface area contributed by atoms with E-state index >= 15 is 0 Å². The van der Waals surface area contributed by atoms with E-state index in [-0.39, 0.29) is 31.3 Å². The number of halogens is 1. The molecule has 2 aromatic rings. The van der Waals surface area contributed by atoms with Gasteiger partial charge in [0.2, 0.25) is 21.8 Å². The fourth-order valence-electron chi connectivity index (χ4n) is 3.70. The van der Waals surface area contributed by atoms with Crippen LogP contribution >= 0.6 is 11.6 Å². The first kappa shape index (κ1) is 28.7. The Hall–Kier alpha value is -2.58. The Labute approximate surface area is 214 Å². The van der Waals surface area contributed by atoms with Crippen LogP contribution in [0.15, 0.2) is 42.5 Å². The van der Waals surface area contributed by atoms with Crippen molar-refractivity contribution < 1.29 is 18.0 Å². The summed E-state index contributed by atoms with van der Waals surface area (Å²) in [7, 11) is -3.53. The number of nitrogens with zero attached hydrogens (tertiary/aromatic N) is 2. The van der Waals surface area contributed by atoms with Crippen LogP contribution in [0.4, 0.5) is 5.69 Å². The maximum absolute atomic E-state index is 13.3. The smallest absolute Gasteiger partial charge is 0.242 e. The number of hydrogen-bond acceptors (Lipinski definition) is 4. The van der Waals surface area contributed by atoms with E-state index in [9.17, 15) is 18.0 Å². The minimum atomic E-state index is -3.53. The van der Waals surface area contributed by atoms with E-state index < -0.39 is 16.1 Å². The minimum absolute atomic E-state index is 0.100. The van der Waals surface area contributed by atoms with Gasteiger partial charge in [0.25, 0.3) is 0 Å². The molecule has 9 heteroatoms. The van der Waals surface area contributed by atoms with Crippen LogP contribution < -0.4 is 9.62 Å². The summed E-state index contributed by atoms with van der Waals surface area (Å²) in [6, 6.07) is 12.0. The Kier molecular flexibility index (Phi) is 10.6. The van der Waals surface area contributed by atoms with Crippen LogP contribution in [0.2, 0.25) is 5.02 Å². The van der Waals surface area contributed by atoms with Gasteiger partial charge in [0.05, 0.1) is 11.9 Å². The number of carbonyl (C=O) groups excluding carboxylic acids is 2. The maximum atomic E-state index is 13.3. The average Bonchev–Trinajstić information content (AvgIpc) is 2.79. The first-order valence-electron chi connectivity index (χ1n) is 11.8. The lowest BCUT2D eigenvalue weighted by atomic mass is 10.1. The third-order valence-electron chi connectivity index (χ3n) is 5.89. The van der Waals surface area contributed by atoms with Gasteiger partial charge in [-0.15, -0.1) is 0 Å². The molecule has 35 heavy (non-hydrogen) atoms. The van der Waals surface area contributed by atoms with E-state index in [1.165, 1.54) is 9.21 Å². The van der Waals surface area contributed by atoms with Crippen LogP contribution in [-0.4, -0.2) is 50.5 Å². The van der Waals surface area contributed by atoms with E-state index in [1.807, 2.05) is 39.0 Å². The summed E-state index contributed by atoms with van der Waals surface area (Å²) in [6.45, 7) is 8.48. The predicted molar refractivity (Wildman–Crippen MR) is 142 cm³/mol. The molecule has 0 aliphatic rings. The monoisotopic (exact) mass is 521 g/mol. The highest BCUT2D eigenvalue weighted by molar-refractivity contribution is 7.92. The number of hydrogen-bond donors (Lipinski definition) is 1. The zero-order valence-electron chi connectivity index (χ0n) is 21.2. The highest BCUT2D eigenvalue weighted by atomic mass is 35.5. The lowest BCUT2D eigenvalue weighted by Crippen LogP contribution is -2.47. The molecule has 0 spiro atoms. The average molecular weight is 522 g/mol. The quantitative estimate of drug-likeness (QED) is 0.447. The first-order valence-corrected chi connectivity index (χ1v) is 14.0. The van der Waals surface area contributed by atoms with Crippen molar-refractivity contribution in [2.75, 3.05) is 23.7 Å². The molecule has 0 unspecified atom stereocenters. The third kappa shape index (κ3) is 8.54. The molecule has 7 nitrogen and oxygen atoms in total. The summed E-state index contributed by atoms with van der Waals surface area (Å²) in [5, 5.41) is 3.39. The number of anilines is 1. The summed E-state index contributed by atoms with van der Waals surface area (Å²) in [6.07, 6.45) is 2.37. The summed E-state index contributed by atoms with van der Waals surface area (Å²) < 4.78 is 26.3. The third-order valence-corrected chi connectivity index (χ3v) is 7.32. The van der Waals surface area contributed by atoms with Crippen LogP contribution in [0.25, 0.3) is 0 Å². The van der Waals surface area contributed by atoms with Crippen molar-refractivity contribution in [3.63, 3.8) is 0 Å². The lowest BCUT2D eigenvalue weighted by Gasteiger charge is -2.29. The molecule has 0 saturated carbocycles. The van der Waals surface area contributed by atoms with Crippen LogP contribution in [0.1, 0.15) is 49.8 Å². The van der Waals surface area contributed by atoms with Gasteiger partial charge in [0, 0.05) is 31.1 Å². The number of sulfonamides is 1. The van der Waals surface area contributed by atoms with Crippen molar-refractivity contribution in [1.82, 2.24) is 10.2 Å². The Morgan fingerprint density at radius 2 is 1.80 bits per heavy atom. The second-order valence-corrected chi connectivity index (χ2v) is 11.2. The molecule has 0 aliphatic carbocycles. The van der Waals surface area contributed by atoms with E-state index in [0.717, 1.165) is 29.4 Å². The Morgan fingerprint density at radius 3 is 2.40 bits per heavy atom. The van der Waals surface area contributed by atoms with Crippen LogP contribution in [0, 0.1) is 13.8 Å². The van der Waals surface area contributed by atoms with Crippen molar-refractivity contribution in [2.24, 2.45) is 0 Å². The maximum Gasteiger partial charge on any atom is 0.242 e. The first-order chi connectivity index (χ1) is 16.4. The molecule has 0 heterocycles. The standard InChI is InChI=1S/C26H36ClN3O4S/c1-6-14-28-26(32)21(4)29(18-22-9-7-10-23(27)17-22)25(31)11-8-15-30(35(5,33)34)24-13-12-19(2)20(3)16-24/h7,9-10,12-13,16-17,21H,6,8,11,14-15,18H2,1-5H3,(H,28,32)/t21-/m1/s1. The van der Waals surface area contributed by atoms with Crippen molar-refractivity contribution in [3.05, 3.63) is 64.2 Å². The van der Waals surface area contributed by atoms with E-state index in [0.29, 0.717) is 23.7 Å². The van der Waals surface area contributed by atoms with Crippen molar-refractivity contribution in [3.8, 4) is 0 Å². The molecule has 0 radical (unpaired) electrons. The number of benzene rings is 2. The molecule has 0 bridgehead atoms. The van der Waals surface area contributed by atoms with Gasteiger partial charge >= 0.3 is 0 Å². The molecule has 192 valence electrons. The van der Waals surface area contributed by atoms with Crippen LogP contribution in [-0.2, 0) is 26.2 Å². The Bertz CT molecular complexity index is 1140. The predicted octanol–water partition coefficient (Wildman–Crippen LogP) is 4.45. The fraction of sp³-hybridized carbons (Fsp3) is 0.462. The lowest BCUT2D eigenvalue weighted by molar-refractivity contribution is -0.140. The zero-order valence-corrected chi connectivity index (χ0v) is 22.7. The van der Waals surface area contributed by atoms with Crippen LogP contribution in [0.5, 0.6) is 0 Å². The van der Waals surface area contributed by atoms with Gasteiger partial charge in [-0.2, -0.15) is 0 Å². The topological polar surface area (TPSA) is 86.8 Å². The number of rotatable bonds is 12. The van der Waals surface area contributed by atoms with Crippen molar-refractivity contribution in [2.45, 2.75) is 59.5 Å². The second-order valence-electron chi connectivity index (χ2n) is 8.83.